The Hall–Kier alpha value is -0.130. The van der Waals surface area contributed by atoms with E-state index >= 15 is 0 Å². The van der Waals surface area contributed by atoms with E-state index < -0.39 is 47.3 Å². The van der Waals surface area contributed by atoms with Crippen LogP contribution in [0.4, 0.5) is 0 Å². The number of likely N-dealkylation sites (N-methyl/N-ethyl adjacent to an activating group) is 1. The molecule has 10 heteroatoms. The molecule has 0 aromatic carbocycles. The summed E-state index contributed by atoms with van der Waals surface area (Å²) < 4.78 is 12.1. The van der Waals surface area contributed by atoms with E-state index in [9.17, 15) is 20.1 Å². The van der Waals surface area contributed by atoms with Crippen LogP contribution in [0.5, 0.6) is 0 Å². The number of ether oxygens (including phenoxy) is 2. The smallest absolute Gasteiger partial charge is 0.240 e. The molecule has 0 bridgehead atoms. The summed E-state index contributed by atoms with van der Waals surface area (Å²) in [6.07, 6.45) is -0.251. The van der Waals surface area contributed by atoms with E-state index in [-0.39, 0.29) is 23.3 Å². The van der Waals surface area contributed by atoms with Crippen molar-refractivity contribution in [1.82, 2.24) is 10.2 Å². The van der Waals surface area contributed by atoms with Gasteiger partial charge in [0.2, 0.25) is 5.91 Å². The molecule has 0 saturated carbocycles. The first-order valence-electron chi connectivity index (χ1n) is 12.3. The van der Waals surface area contributed by atoms with E-state index in [1.807, 2.05) is 11.9 Å². The predicted molar refractivity (Wildman–Crippen MR) is 134 cm³/mol. The molecule has 0 aliphatic carbocycles. The zero-order valence-electron chi connectivity index (χ0n) is 21.2. The van der Waals surface area contributed by atoms with E-state index in [1.54, 1.807) is 13.2 Å². The molecule has 0 aromatic rings. The van der Waals surface area contributed by atoms with Gasteiger partial charge in [0.05, 0.1) is 17.5 Å². The number of thioether (sulfide) groups is 1. The number of alkyl halides is 1. The number of amides is 1. The lowest BCUT2D eigenvalue weighted by molar-refractivity contribution is -0.205. The highest BCUT2D eigenvalue weighted by Gasteiger charge is 2.50. The number of hydrogen-bond donors (Lipinski definition) is 4. The minimum Gasteiger partial charge on any atom is -0.388 e. The number of nitrogens with zero attached hydrogens (tertiary/aromatic N) is 1. The van der Waals surface area contributed by atoms with Crippen molar-refractivity contribution in [2.45, 2.75) is 100 Å². The van der Waals surface area contributed by atoms with Gasteiger partial charge in [-0.2, -0.15) is 0 Å². The van der Waals surface area contributed by atoms with Crippen LogP contribution < -0.4 is 5.32 Å². The zero-order valence-corrected chi connectivity index (χ0v) is 22.8. The summed E-state index contributed by atoms with van der Waals surface area (Å²) in [5.41, 5.74) is -0.481. The van der Waals surface area contributed by atoms with Gasteiger partial charge in [-0.1, -0.05) is 20.8 Å². The molecule has 3 saturated heterocycles. The van der Waals surface area contributed by atoms with Gasteiger partial charge < -0.3 is 30.1 Å². The van der Waals surface area contributed by atoms with Gasteiger partial charge in [0.1, 0.15) is 35.9 Å². The average Bonchev–Trinajstić information content (AvgIpc) is 2.91. The van der Waals surface area contributed by atoms with E-state index in [0.29, 0.717) is 12.5 Å². The molecule has 0 aromatic heterocycles. The number of carbonyl (C=O) groups excluding carboxylic acids is 1. The fraction of sp³-hybridized carbons (Fsp3) is 0.958. The first-order valence-corrected chi connectivity index (χ1v) is 14.0. The molecule has 3 fully saturated rings. The lowest BCUT2D eigenvalue weighted by atomic mass is 9.79. The Morgan fingerprint density at radius 1 is 1.24 bits per heavy atom. The van der Waals surface area contributed by atoms with Gasteiger partial charge in [-0.05, 0) is 50.8 Å². The number of aliphatic hydroxyl groups is 3. The minimum atomic E-state index is -1.39. The highest BCUT2D eigenvalue weighted by molar-refractivity contribution is 7.99. The maximum Gasteiger partial charge on any atom is 0.240 e. The van der Waals surface area contributed by atoms with E-state index in [2.05, 4.69) is 26.1 Å². The maximum absolute atomic E-state index is 13.5. The summed E-state index contributed by atoms with van der Waals surface area (Å²) in [4.78, 5) is 15.6. The molecule has 8 nitrogen and oxygen atoms in total. The molecule has 0 radical (unpaired) electrons. The third-order valence-electron chi connectivity index (χ3n) is 7.41. The number of rotatable bonds is 6. The molecular weight excluding hydrogens is 480 g/mol. The van der Waals surface area contributed by atoms with Crippen LogP contribution in [0.3, 0.4) is 0 Å². The van der Waals surface area contributed by atoms with Crippen molar-refractivity contribution in [3.05, 3.63) is 0 Å². The summed E-state index contributed by atoms with van der Waals surface area (Å²) in [6.45, 7) is 9.93. The molecule has 5 unspecified atom stereocenters. The Morgan fingerprint density at radius 3 is 2.50 bits per heavy atom. The Labute approximate surface area is 213 Å². The third-order valence-corrected chi connectivity index (χ3v) is 8.54. The number of aliphatic hydroxyl groups excluding tert-OH is 3. The first kappa shape index (κ1) is 28.4. The largest absolute Gasteiger partial charge is 0.388 e. The van der Waals surface area contributed by atoms with Gasteiger partial charge in [-0.25, -0.2) is 0 Å². The van der Waals surface area contributed by atoms with Crippen molar-refractivity contribution in [1.29, 1.82) is 0 Å². The second-order valence-electron chi connectivity index (χ2n) is 11.5. The van der Waals surface area contributed by atoms with Gasteiger partial charge in [0.15, 0.2) is 0 Å². The van der Waals surface area contributed by atoms with E-state index in [1.165, 1.54) is 11.8 Å². The second-order valence-corrected chi connectivity index (χ2v) is 13.1. The molecule has 3 rings (SSSR count). The second kappa shape index (κ2) is 11.5. The number of hydrogen-bond acceptors (Lipinski definition) is 8. The molecule has 198 valence electrons. The molecule has 3 heterocycles. The highest BCUT2D eigenvalue weighted by Crippen LogP contribution is 2.39. The number of nitrogens with one attached hydrogen (secondary N) is 1. The Kier molecular flexibility index (Phi) is 9.62. The Balaban J connectivity index is 1.72. The van der Waals surface area contributed by atoms with Crippen molar-refractivity contribution >= 4 is 29.3 Å². The van der Waals surface area contributed by atoms with Crippen molar-refractivity contribution in [2.24, 2.45) is 17.3 Å². The van der Waals surface area contributed by atoms with Crippen molar-refractivity contribution in [2.75, 3.05) is 26.5 Å². The summed E-state index contributed by atoms with van der Waals surface area (Å²) in [5, 5.41) is 33.6. The molecular formula is C24H43ClN2O6S. The van der Waals surface area contributed by atoms with E-state index in [4.69, 9.17) is 21.1 Å². The van der Waals surface area contributed by atoms with Crippen LogP contribution in [-0.2, 0) is 14.3 Å². The number of carbonyl (C=O) groups is 1. The summed E-state index contributed by atoms with van der Waals surface area (Å²) in [6, 6.07) is -1.23. The van der Waals surface area contributed by atoms with Crippen molar-refractivity contribution < 1.29 is 29.6 Å². The summed E-state index contributed by atoms with van der Waals surface area (Å²) >= 11 is 7.68. The number of fused-ring (bicyclic) bond motifs is 1. The molecule has 3 aliphatic rings. The monoisotopic (exact) mass is 522 g/mol. The number of halogens is 1. The van der Waals surface area contributed by atoms with Crippen LogP contribution in [0.15, 0.2) is 0 Å². The number of likely N-dealkylation sites (tertiary alicyclic amines) is 1. The van der Waals surface area contributed by atoms with Crippen molar-refractivity contribution in [3.8, 4) is 0 Å². The van der Waals surface area contributed by atoms with Crippen LogP contribution in [-0.4, -0.2) is 106 Å². The topological polar surface area (TPSA) is 111 Å². The van der Waals surface area contributed by atoms with Crippen LogP contribution in [0.2, 0.25) is 0 Å². The quantitative estimate of drug-likeness (QED) is 0.388. The minimum absolute atomic E-state index is 0.204. The zero-order chi connectivity index (χ0) is 25.4. The molecule has 4 N–H and O–H groups in total. The van der Waals surface area contributed by atoms with Crippen LogP contribution in [0, 0.1) is 17.3 Å². The van der Waals surface area contributed by atoms with Gasteiger partial charge in [-0.15, -0.1) is 23.4 Å². The van der Waals surface area contributed by atoms with Gasteiger partial charge >= 0.3 is 0 Å². The average molecular weight is 523 g/mol. The van der Waals surface area contributed by atoms with E-state index in [0.717, 1.165) is 25.8 Å². The summed E-state index contributed by atoms with van der Waals surface area (Å²) in [5.74, 6) is 0.624. The first-order chi connectivity index (χ1) is 15.8. The fourth-order valence-electron chi connectivity index (χ4n) is 5.92. The van der Waals surface area contributed by atoms with Crippen LogP contribution >= 0.6 is 23.4 Å². The molecule has 11 atom stereocenters. The maximum atomic E-state index is 13.5. The molecule has 34 heavy (non-hydrogen) atoms. The van der Waals surface area contributed by atoms with Gasteiger partial charge in [-0.3, -0.25) is 9.69 Å². The van der Waals surface area contributed by atoms with Crippen LogP contribution in [0.25, 0.3) is 0 Å². The Morgan fingerprint density at radius 2 is 1.91 bits per heavy atom. The molecule has 1 amide bonds. The van der Waals surface area contributed by atoms with Gasteiger partial charge in [0.25, 0.3) is 0 Å². The fourth-order valence-corrected chi connectivity index (χ4v) is 6.81. The van der Waals surface area contributed by atoms with Gasteiger partial charge in [0, 0.05) is 19.1 Å². The molecule has 3 aliphatic heterocycles. The third kappa shape index (κ3) is 6.40. The predicted octanol–water partition coefficient (Wildman–Crippen LogP) is 1.43. The Bertz CT molecular complexity index is 693. The lowest BCUT2D eigenvalue weighted by Crippen LogP contribution is -2.65. The standard InChI is InChI=1S/C24H43ClN2O6S/c1-12(25)15(21-18(29)17(28)19(30)23(33-21)34-6)26-22(31)16-20-14(11-27(16)5)9-13(7-8-32-20)10-24(2,3)4/h12-21,23,28-30H,7-11H2,1-6H3,(H,26,31)/t12-,13-,14-,15+,16-,17?,18?,19?,20+,21?,23?/m0/s1. The molecule has 0 spiro atoms. The summed E-state index contributed by atoms with van der Waals surface area (Å²) in [7, 11) is 1.94. The van der Waals surface area contributed by atoms with Crippen LogP contribution in [0.1, 0.15) is 47.0 Å². The van der Waals surface area contributed by atoms with Crippen molar-refractivity contribution in [3.63, 3.8) is 0 Å². The lowest BCUT2D eigenvalue weighted by Gasteiger charge is -2.44. The highest BCUT2D eigenvalue weighted by atomic mass is 35.5. The SMILES string of the molecule is CSC1OC([C@H](NC(=O)[C@@H]2[C@@H]3OCC[C@H](CC(C)(C)C)C[C@H]3CN2C)[C@H](C)Cl)C(O)C(O)C1O. The normalized spacial score (nSPS) is 41.4.